The number of anilines is 2. The van der Waals surface area contributed by atoms with E-state index in [0.29, 0.717) is 33.8 Å². The van der Waals surface area contributed by atoms with Gasteiger partial charge in [-0.15, -0.1) is 0 Å². The van der Waals surface area contributed by atoms with Gasteiger partial charge in [0, 0.05) is 34.3 Å². The molecule has 0 saturated heterocycles. The fourth-order valence-corrected chi connectivity index (χ4v) is 2.85. The van der Waals surface area contributed by atoms with Gasteiger partial charge >= 0.3 is 0 Å². The molecule has 1 aromatic carbocycles. The number of aromatic nitrogens is 1. The lowest BCUT2D eigenvalue weighted by Crippen LogP contribution is -2.18. The molecule has 1 heterocycles. The van der Waals surface area contributed by atoms with E-state index in [4.69, 9.17) is 16.4 Å². The quantitative estimate of drug-likeness (QED) is 0.579. The van der Waals surface area contributed by atoms with Crippen molar-refractivity contribution in [2.75, 3.05) is 11.1 Å². The molecule has 1 saturated carbocycles. The number of amides is 1. The van der Waals surface area contributed by atoms with Gasteiger partial charge < -0.3 is 16.5 Å². The molecule has 0 unspecified atom stereocenters. The molecule has 1 fully saturated rings. The van der Waals surface area contributed by atoms with Crippen LogP contribution >= 0.6 is 0 Å². The van der Waals surface area contributed by atoms with Crippen LogP contribution in [0.3, 0.4) is 0 Å². The highest BCUT2D eigenvalue weighted by atomic mass is 16.1. The molecule has 0 spiro atoms. The molecular weight excluding hydrogens is 326 g/mol. The summed E-state index contributed by atoms with van der Waals surface area (Å²) in [4.78, 5) is 16.7. The zero-order valence-corrected chi connectivity index (χ0v) is 15.1. The molecule has 4 N–H and O–H groups in total. The van der Waals surface area contributed by atoms with Crippen molar-refractivity contribution in [2.24, 2.45) is 5.41 Å². The standard InChI is InChI=1S/C20H21N5O/c1-11-12(2)17(24-10-13(11)9-21)19(26)25-14-4-5-16(22)15(8-14)18(23)20(3)6-7-20/h4-5,8,10,23H,6-7,22H2,1-3H3,(H,25,26). The molecule has 6 heteroatoms. The van der Waals surface area contributed by atoms with Gasteiger partial charge in [0.15, 0.2) is 0 Å². The maximum absolute atomic E-state index is 12.6. The largest absolute Gasteiger partial charge is 0.398 e. The molecule has 1 aliphatic carbocycles. The average molecular weight is 347 g/mol. The van der Waals surface area contributed by atoms with Crippen molar-refractivity contribution in [1.29, 1.82) is 10.7 Å². The van der Waals surface area contributed by atoms with Crippen LogP contribution in [0.2, 0.25) is 0 Å². The Balaban J connectivity index is 1.88. The first-order valence-corrected chi connectivity index (χ1v) is 8.43. The second-order valence-electron chi connectivity index (χ2n) is 7.07. The number of nitriles is 1. The number of nitrogens with zero attached hydrogens (tertiary/aromatic N) is 2. The SMILES string of the molecule is Cc1c(C#N)cnc(C(=O)Nc2ccc(N)c(C(=N)C3(C)CC3)c2)c1C. The second-order valence-corrected chi connectivity index (χ2v) is 7.07. The number of pyridine rings is 1. The predicted molar refractivity (Wildman–Crippen MR) is 101 cm³/mol. The maximum Gasteiger partial charge on any atom is 0.274 e. The molecule has 26 heavy (non-hydrogen) atoms. The second kappa shape index (κ2) is 6.26. The highest BCUT2D eigenvalue weighted by Crippen LogP contribution is 2.48. The normalized spacial score (nSPS) is 14.4. The highest BCUT2D eigenvalue weighted by Gasteiger charge is 2.42. The number of nitrogen functional groups attached to an aromatic ring is 1. The van der Waals surface area contributed by atoms with Crippen LogP contribution in [0.15, 0.2) is 24.4 Å². The molecule has 1 amide bonds. The van der Waals surface area contributed by atoms with Crippen molar-refractivity contribution in [2.45, 2.75) is 33.6 Å². The van der Waals surface area contributed by atoms with Crippen LogP contribution in [0.25, 0.3) is 0 Å². The van der Waals surface area contributed by atoms with Gasteiger partial charge in [-0.3, -0.25) is 4.79 Å². The first kappa shape index (κ1) is 17.6. The molecule has 0 bridgehead atoms. The van der Waals surface area contributed by atoms with Gasteiger partial charge in [-0.25, -0.2) is 4.98 Å². The number of carbonyl (C=O) groups excluding carboxylic acids is 1. The lowest BCUT2D eigenvalue weighted by Gasteiger charge is -2.15. The number of nitrogens with one attached hydrogen (secondary N) is 2. The Morgan fingerprint density at radius 1 is 1.35 bits per heavy atom. The van der Waals surface area contributed by atoms with E-state index >= 15 is 0 Å². The monoisotopic (exact) mass is 347 g/mol. The minimum Gasteiger partial charge on any atom is -0.398 e. The van der Waals surface area contributed by atoms with Crippen LogP contribution in [-0.2, 0) is 0 Å². The van der Waals surface area contributed by atoms with Crippen molar-refractivity contribution in [3.05, 3.63) is 52.3 Å². The van der Waals surface area contributed by atoms with Crippen molar-refractivity contribution < 1.29 is 4.79 Å². The molecule has 1 aliphatic rings. The van der Waals surface area contributed by atoms with Crippen LogP contribution in [0.4, 0.5) is 11.4 Å². The molecular formula is C20H21N5O. The number of hydrogen-bond acceptors (Lipinski definition) is 5. The first-order valence-electron chi connectivity index (χ1n) is 8.43. The molecule has 132 valence electrons. The Morgan fingerprint density at radius 3 is 2.65 bits per heavy atom. The zero-order valence-electron chi connectivity index (χ0n) is 15.1. The number of carbonyl (C=O) groups is 1. The minimum absolute atomic E-state index is 0.112. The maximum atomic E-state index is 12.6. The number of rotatable bonds is 4. The molecule has 6 nitrogen and oxygen atoms in total. The Bertz CT molecular complexity index is 967. The van der Waals surface area contributed by atoms with Crippen molar-refractivity contribution in [3.63, 3.8) is 0 Å². The summed E-state index contributed by atoms with van der Waals surface area (Å²) in [7, 11) is 0. The summed E-state index contributed by atoms with van der Waals surface area (Å²) in [6.07, 6.45) is 3.38. The fourth-order valence-electron chi connectivity index (χ4n) is 2.85. The van der Waals surface area contributed by atoms with Gasteiger partial charge in [-0.2, -0.15) is 5.26 Å². The topological polar surface area (TPSA) is 116 Å². The van der Waals surface area contributed by atoms with E-state index < -0.39 is 0 Å². The van der Waals surface area contributed by atoms with E-state index in [1.807, 2.05) is 6.92 Å². The molecule has 2 aromatic rings. The summed E-state index contributed by atoms with van der Waals surface area (Å²) in [6, 6.07) is 7.22. The predicted octanol–water partition coefficient (Wildman–Crippen LogP) is 3.57. The lowest BCUT2D eigenvalue weighted by molar-refractivity contribution is 0.102. The Labute approximate surface area is 152 Å². The third kappa shape index (κ3) is 3.04. The summed E-state index contributed by atoms with van der Waals surface area (Å²) in [5, 5.41) is 20.3. The number of benzene rings is 1. The van der Waals surface area contributed by atoms with E-state index in [2.05, 4.69) is 16.4 Å². The van der Waals surface area contributed by atoms with Crippen molar-refractivity contribution in [1.82, 2.24) is 4.98 Å². The summed E-state index contributed by atoms with van der Waals surface area (Å²) >= 11 is 0. The van der Waals surface area contributed by atoms with Gasteiger partial charge in [0.1, 0.15) is 11.8 Å². The smallest absolute Gasteiger partial charge is 0.274 e. The highest BCUT2D eigenvalue weighted by molar-refractivity contribution is 6.09. The third-order valence-electron chi connectivity index (χ3n) is 5.16. The summed E-state index contributed by atoms with van der Waals surface area (Å²) in [6.45, 7) is 5.62. The van der Waals surface area contributed by atoms with E-state index in [-0.39, 0.29) is 17.0 Å². The van der Waals surface area contributed by atoms with Gasteiger partial charge in [0.2, 0.25) is 0 Å². The average Bonchev–Trinajstić information content (AvgIpc) is 3.37. The van der Waals surface area contributed by atoms with Gasteiger partial charge in [0.25, 0.3) is 5.91 Å². The van der Waals surface area contributed by atoms with Crippen molar-refractivity contribution in [3.8, 4) is 6.07 Å². The first-order chi connectivity index (χ1) is 12.3. The fraction of sp³-hybridized carbons (Fsp3) is 0.300. The van der Waals surface area contributed by atoms with Crippen molar-refractivity contribution >= 4 is 23.0 Å². The van der Waals surface area contributed by atoms with Gasteiger partial charge in [-0.1, -0.05) is 6.92 Å². The van der Waals surface area contributed by atoms with Gasteiger partial charge in [0.05, 0.1) is 5.56 Å². The number of nitrogens with two attached hydrogens (primary N) is 1. The summed E-state index contributed by atoms with van der Waals surface area (Å²) in [5.74, 6) is -0.352. The molecule has 3 rings (SSSR count). The van der Waals surface area contributed by atoms with Crippen LogP contribution in [0.5, 0.6) is 0 Å². The Morgan fingerprint density at radius 2 is 2.04 bits per heavy atom. The molecule has 1 aromatic heterocycles. The third-order valence-corrected chi connectivity index (χ3v) is 5.16. The molecule has 0 aliphatic heterocycles. The van der Waals surface area contributed by atoms with E-state index in [1.54, 1.807) is 32.0 Å². The van der Waals surface area contributed by atoms with Crippen LogP contribution in [0, 0.1) is 36.0 Å². The van der Waals surface area contributed by atoms with E-state index in [1.165, 1.54) is 6.20 Å². The zero-order chi connectivity index (χ0) is 19.1. The van der Waals surface area contributed by atoms with E-state index in [0.717, 1.165) is 18.4 Å². The molecule has 0 radical (unpaired) electrons. The Hall–Kier alpha value is -3.20. The molecule has 0 atom stereocenters. The van der Waals surface area contributed by atoms with Crippen LogP contribution in [-0.4, -0.2) is 16.6 Å². The van der Waals surface area contributed by atoms with E-state index in [9.17, 15) is 4.79 Å². The lowest BCUT2D eigenvalue weighted by atomic mass is 9.94. The Kier molecular flexibility index (Phi) is 4.25. The van der Waals surface area contributed by atoms with Crippen LogP contribution in [0.1, 0.15) is 52.5 Å². The summed E-state index contributed by atoms with van der Waals surface area (Å²) < 4.78 is 0. The van der Waals surface area contributed by atoms with Crippen LogP contribution < -0.4 is 11.1 Å². The summed E-state index contributed by atoms with van der Waals surface area (Å²) in [5.41, 5.74) is 10.3. The number of hydrogen-bond donors (Lipinski definition) is 3. The van der Waals surface area contributed by atoms with Gasteiger partial charge in [-0.05, 0) is 56.0 Å². The minimum atomic E-state index is -0.352.